The lowest BCUT2D eigenvalue weighted by Crippen LogP contribution is -2.37. The van der Waals surface area contributed by atoms with Crippen LogP contribution in [0.25, 0.3) is 11.1 Å². The topological polar surface area (TPSA) is 91.6 Å². The van der Waals surface area contributed by atoms with Crippen molar-refractivity contribution in [1.29, 1.82) is 0 Å². The number of aryl methyl sites for hydroxylation is 1. The first kappa shape index (κ1) is 23.6. The highest BCUT2D eigenvalue weighted by Crippen LogP contribution is 2.35. The Kier molecular flexibility index (Phi) is 6.73. The van der Waals surface area contributed by atoms with E-state index in [9.17, 15) is 4.79 Å². The molecule has 1 aliphatic rings. The molecule has 3 N–H and O–H groups in total. The Morgan fingerprint density at radius 3 is 2.69 bits per heavy atom. The fraction of sp³-hybridized carbons (Fsp3) is 0.179. The number of fused-ring (bicyclic) bond motifs is 1. The fourth-order valence-corrected chi connectivity index (χ4v) is 4.51. The van der Waals surface area contributed by atoms with Gasteiger partial charge in [-0.05, 0) is 49.2 Å². The van der Waals surface area contributed by atoms with Gasteiger partial charge in [0.1, 0.15) is 11.6 Å². The van der Waals surface area contributed by atoms with E-state index in [-0.39, 0.29) is 5.91 Å². The minimum Gasteiger partial charge on any atom is -0.423 e. The highest BCUT2D eigenvalue weighted by atomic mass is 35.5. The number of amides is 1. The van der Waals surface area contributed by atoms with Crippen molar-refractivity contribution >= 4 is 46.3 Å². The predicted octanol–water partition coefficient (Wildman–Crippen LogP) is 6.46. The van der Waals surface area contributed by atoms with E-state index in [0.717, 1.165) is 29.6 Å². The van der Waals surface area contributed by atoms with E-state index in [1.165, 1.54) is 5.56 Å². The van der Waals surface area contributed by atoms with Crippen LogP contribution in [-0.2, 0) is 11.2 Å². The number of para-hydroxylation sites is 2. The number of anilines is 2. The number of rotatable bonds is 6. The van der Waals surface area contributed by atoms with Crippen molar-refractivity contribution in [2.75, 3.05) is 10.6 Å². The number of nitrogens with one attached hydrogen (secondary N) is 3. The summed E-state index contributed by atoms with van der Waals surface area (Å²) in [6.07, 6.45) is 1.98. The number of halogens is 1. The van der Waals surface area contributed by atoms with Crippen molar-refractivity contribution in [3.63, 3.8) is 0 Å². The van der Waals surface area contributed by atoms with Crippen LogP contribution >= 0.6 is 11.6 Å². The Hall–Kier alpha value is -4.10. The summed E-state index contributed by atoms with van der Waals surface area (Å²) in [4.78, 5) is 22.8. The minimum atomic E-state index is -0.634. The van der Waals surface area contributed by atoms with Gasteiger partial charge in [-0.2, -0.15) is 4.98 Å². The van der Waals surface area contributed by atoms with E-state index < -0.39 is 6.04 Å². The van der Waals surface area contributed by atoms with Gasteiger partial charge in [-0.1, -0.05) is 67.4 Å². The number of guanidine groups is 1. The summed E-state index contributed by atoms with van der Waals surface area (Å²) in [5, 5.41) is 9.86. The molecule has 36 heavy (non-hydrogen) atoms. The first-order valence-electron chi connectivity index (χ1n) is 11.8. The van der Waals surface area contributed by atoms with Crippen LogP contribution in [-0.4, -0.2) is 16.9 Å². The molecule has 1 aromatic heterocycles. The number of aliphatic imine (C=N–C) groups is 1. The highest BCUT2D eigenvalue weighted by Gasteiger charge is 2.31. The molecule has 0 saturated heterocycles. The van der Waals surface area contributed by atoms with Crippen LogP contribution in [0.4, 0.5) is 11.7 Å². The van der Waals surface area contributed by atoms with Crippen LogP contribution in [0.5, 0.6) is 0 Å². The summed E-state index contributed by atoms with van der Waals surface area (Å²) in [7, 11) is 0. The van der Waals surface area contributed by atoms with Gasteiger partial charge in [-0.15, -0.1) is 0 Å². The standard InChI is InChI=1S/C28H26ClN5O2/c1-3-9-18-10-8-11-19(16-18)31-26(35)24-17(2)30-27(33-25(24)20-12-4-5-13-21(20)29)34-28-32-22-14-6-7-15-23(22)36-28/h4-8,10-16,25H,3,9H2,1-2H3,(H,31,35)(H2,30,32,33,34). The summed E-state index contributed by atoms with van der Waals surface area (Å²) in [6, 6.07) is 22.5. The fourth-order valence-electron chi connectivity index (χ4n) is 4.27. The summed E-state index contributed by atoms with van der Waals surface area (Å²) < 4.78 is 5.79. The van der Waals surface area contributed by atoms with Gasteiger partial charge >= 0.3 is 6.01 Å². The van der Waals surface area contributed by atoms with Crippen LogP contribution in [0, 0.1) is 0 Å². The molecule has 7 nitrogen and oxygen atoms in total. The quantitative estimate of drug-likeness (QED) is 0.283. The van der Waals surface area contributed by atoms with Gasteiger partial charge in [-0.25, -0.2) is 4.99 Å². The third-order valence-corrected chi connectivity index (χ3v) is 6.27. The van der Waals surface area contributed by atoms with E-state index in [1.807, 2.05) is 67.6 Å². The van der Waals surface area contributed by atoms with Gasteiger partial charge in [0, 0.05) is 22.0 Å². The van der Waals surface area contributed by atoms with Crippen molar-refractivity contribution in [2.45, 2.75) is 32.7 Å². The number of nitrogens with zero attached hydrogens (tertiary/aromatic N) is 2. The first-order valence-corrected chi connectivity index (χ1v) is 12.2. The maximum Gasteiger partial charge on any atom is 0.302 e. The third kappa shape index (κ3) is 4.97. The molecular formula is C28H26ClN5O2. The molecule has 8 heteroatoms. The Labute approximate surface area is 214 Å². The molecule has 0 spiro atoms. The Balaban J connectivity index is 1.47. The van der Waals surface area contributed by atoms with E-state index in [0.29, 0.717) is 33.9 Å². The Bertz CT molecular complexity index is 1460. The summed E-state index contributed by atoms with van der Waals surface area (Å²) in [5.41, 5.74) is 5.16. The SMILES string of the molecule is CCCc1cccc(NC(=O)C2=C(C)NC(Nc3nc4ccccc4o3)=NC2c2ccccc2Cl)c1. The van der Waals surface area contributed by atoms with Crippen molar-refractivity contribution < 1.29 is 9.21 Å². The molecule has 0 bridgehead atoms. The average Bonchev–Trinajstić information content (AvgIpc) is 3.26. The molecule has 0 radical (unpaired) electrons. The Morgan fingerprint density at radius 2 is 1.89 bits per heavy atom. The van der Waals surface area contributed by atoms with Crippen molar-refractivity contribution in [3.05, 3.63) is 100 Å². The molecule has 4 aromatic rings. The molecule has 0 fully saturated rings. The molecule has 5 rings (SSSR count). The van der Waals surface area contributed by atoms with E-state index in [2.05, 4.69) is 33.9 Å². The number of hydrogen-bond acceptors (Lipinski definition) is 6. The zero-order valence-electron chi connectivity index (χ0n) is 20.0. The smallest absolute Gasteiger partial charge is 0.302 e. The van der Waals surface area contributed by atoms with Crippen LogP contribution in [0.1, 0.15) is 37.4 Å². The number of benzene rings is 3. The Morgan fingerprint density at radius 1 is 1.08 bits per heavy atom. The number of oxazole rings is 1. The number of carbonyl (C=O) groups is 1. The molecule has 182 valence electrons. The lowest BCUT2D eigenvalue weighted by atomic mass is 9.95. The van der Waals surface area contributed by atoms with Crippen LogP contribution in [0.2, 0.25) is 5.02 Å². The minimum absolute atomic E-state index is 0.247. The van der Waals surface area contributed by atoms with Crippen LogP contribution in [0.15, 0.2) is 93.5 Å². The number of aromatic nitrogens is 1. The molecule has 1 atom stereocenters. The number of hydrogen-bond donors (Lipinski definition) is 3. The molecule has 0 aliphatic carbocycles. The van der Waals surface area contributed by atoms with Crippen molar-refractivity contribution in [2.24, 2.45) is 4.99 Å². The average molecular weight is 500 g/mol. The number of carbonyl (C=O) groups excluding carboxylic acids is 1. The van der Waals surface area contributed by atoms with Crippen molar-refractivity contribution in [3.8, 4) is 0 Å². The molecule has 1 amide bonds. The second-order valence-corrected chi connectivity index (χ2v) is 8.99. The van der Waals surface area contributed by atoms with Gasteiger partial charge in [0.2, 0.25) is 5.96 Å². The predicted molar refractivity (Wildman–Crippen MR) is 144 cm³/mol. The first-order chi connectivity index (χ1) is 17.5. The van der Waals surface area contributed by atoms with Gasteiger partial charge in [0.25, 0.3) is 5.91 Å². The van der Waals surface area contributed by atoms with E-state index in [4.69, 9.17) is 21.0 Å². The normalized spacial score (nSPS) is 15.4. The second kappa shape index (κ2) is 10.3. The van der Waals surface area contributed by atoms with Crippen LogP contribution in [0.3, 0.4) is 0 Å². The van der Waals surface area contributed by atoms with Gasteiger partial charge in [0.15, 0.2) is 5.58 Å². The maximum atomic E-state index is 13.6. The van der Waals surface area contributed by atoms with E-state index >= 15 is 0 Å². The zero-order chi connectivity index (χ0) is 25.1. The molecule has 3 aromatic carbocycles. The third-order valence-electron chi connectivity index (χ3n) is 5.93. The maximum absolute atomic E-state index is 13.6. The molecule has 2 heterocycles. The molecule has 1 aliphatic heterocycles. The largest absolute Gasteiger partial charge is 0.423 e. The van der Waals surface area contributed by atoms with E-state index in [1.54, 1.807) is 6.07 Å². The summed E-state index contributed by atoms with van der Waals surface area (Å²) in [6.45, 7) is 3.97. The lowest BCUT2D eigenvalue weighted by molar-refractivity contribution is -0.113. The van der Waals surface area contributed by atoms with Crippen LogP contribution < -0.4 is 16.0 Å². The summed E-state index contributed by atoms with van der Waals surface area (Å²) >= 11 is 6.56. The zero-order valence-corrected chi connectivity index (χ0v) is 20.8. The number of allylic oxidation sites excluding steroid dienone is 1. The molecular weight excluding hydrogens is 474 g/mol. The van der Waals surface area contributed by atoms with Crippen molar-refractivity contribution in [1.82, 2.24) is 10.3 Å². The summed E-state index contributed by atoms with van der Waals surface area (Å²) in [5.74, 6) is 0.161. The lowest BCUT2D eigenvalue weighted by Gasteiger charge is -2.27. The highest BCUT2D eigenvalue weighted by molar-refractivity contribution is 6.31. The van der Waals surface area contributed by atoms with Gasteiger partial charge in [-0.3, -0.25) is 10.1 Å². The monoisotopic (exact) mass is 499 g/mol. The van der Waals surface area contributed by atoms with Gasteiger partial charge < -0.3 is 15.1 Å². The van der Waals surface area contributed by atoms with Gasteiger partial charge in [0.05, 0.1) is 5.57 Å². The second-order valence-electron chi connectivity index (χ2n) is 8.58. The molecule has 0 saturated carbocycles. The molecule has 1 unspecified atom stereocenters.